The Labute approximate surface area is 93.9 Å². The van der Waals surface area contributed by atoms with Crippen molar-refractivity contribution in [3.05, 3.63) is 35.4 Å². The van der Waals surface area contributed by atoms with Crippen molar-refractivity contribution in [2.24, 2.45) is 0 Å². The molecule has 0 amide bonds. The maximum Gasteiger partial charge on any atom is 0.00144 e. The zero-order valence-electron chi connectivity index (χ0n) is 10.6. The van der Waals surface area contributed by atoms with Crippen LogP contribution in [-0.4, -0.2) is 13.6 Å². The highest BCUT2D eigenvalue weighted by Crippen LogP contribution is 2.25. The molecule has 0 fully saturated rings. The molecule has 0 aromatic heterocycles. The second-order valence-electron chi connectivity index (χ2n) is 5.33. The van der Waals surface area contributed by atoms with E-state index in [0.29, 0.717) is 5.92 Å². The third-order valence-corrected chi connectivity index (χ3v) is 2.83. The van der Waals surface area contributed by atoms with Crippen molar-refractivity contribution in [1.82, 2.24) is 5.32 Å². The fraction of sp³-hybridized carbons (Fsp3) is 0.571. The lowest BCUT2D eigenvalue weighted by Gasteiger charge is -2.21. The van der Waals surface area contributed by atoms with E-state index >= 15 is 0 Å². The van der Waals surface area contributed by atoms with Crippen LogP contribution >= 0.6 is 0 Å². The molecular formula is C14H23N. The van der Waals surface area contributed by atoms with Gasteiger partial charge >= 0.3 is 0 Å². The topological polar surface area (TPSA) is 12.0 Å². The number of likely N-dealkylation sites (N-methyl/N-ethyl adjacent to an activating group) is 1. The molecule has 0 spiro atoms. The summed E-state index contributed by atoms with van der Waals surface area (Å²) in [7, 11) is 2.00. The van der Waals surface area contributed by atoms with Gasteiger partial charge in [0.05, 0.1) is 0 Å². The summed E-state index contributed by atoms with van der Waals surface area (Å²) in [6.45, 7) is 10.1. The summed E-state index contributed by atoms with van der Waals surface area (Å²) in [6.07, 6.45) is 0. The molecule has 1 atom stereocenters. The third-order valence-electron chi connectivity index (χ3n) is 2.83. The fourth-order valence-corrected chi connectivity index (χ4v) is 1.74. The highest BCUT2D eigenvalue weighted by Gasteiger charge is 2.14. The Hall–Kier alpha value is -0.820. The first kappa shape index (κ1) is 12.3. The standard InChI is InChI=1S/C14H23N/c1-11(10-15-5)12-7-6-8-13(9-12)14(2,3)4/h6-9,11,15H,10H2,1-5H3. The fourth-order valence-electron chi connectivity index (χ4n) is 1.74. The van der Waals surface area contributed by atoms with Gasteiger partial charge in [0.25, 0.3) is 0 Å². The molecule has 1 unspecified atom stereocenters. The summed E-state index contributed by atoms with van der Waals surface area (Å²) in [6, 6.07) is 8.94. The summed E-state index contributed by atoms with van der Waals surface area (Å²) < 4.78 is 0. The Kier molecular flexibility index (Phi) is 3.92. The van der Waals surface area contributed by atoms with Crippen LogP contribution in [0.4, 0.5) is 0 Å². The van der Waals surface area contributed by atoms with Crippen LogP contribution in [0, 0.1) is 0 Å². The largest absolute Gasteiger partial charge is 0.319 e. The Morgan fingerprint density at radius 3 is 2.47 bits per heavy atom. The maximum atomic E-state index is 3.22. The van der Waals surface area contributed by atoms with Gasteiger partial charge in [0.1, 0.15) is 0 Å². The predicted octanol–water partition coefficient (Wildman–Crippen LogP) is 3.31. The zero-order valence-corrected chi connectivity index (χ0v) is 10.6. The average molecular weight is 205 g/mol. The van der Waals surface area contributed by atoms with Crippen molar-refractivity contribution in [1.29, 1.82) is 0 Å². The van der Waals surface area contributed by atoms with Gasteiger partial charge < -0.3 is 5.32 Å². The van der Waals surface area contributed by atoms with Crippen LogP contribution in [0.1, 0.15) is 44.7 Å². The second-order valence-corrected chi connectivity index (χ2v) is 5.33. The van der Waals surface area contributed by atoms with Crippen LogP contribution in [0.25, 0.3) is 0 Å². The van der Waals surface area contributed by atoms with Crippen molar-refractivity contribution in [2.45, 2.75) is 39.0 Å². The van der Waals surface area contributed by atoms with Crippen LogP contribution in [0.5, 0.6) is 0 Å². The molecule has 1 rings (SSSR count). The highest BCUT2D eigenvalue weighted by atomic mass is 14.8. The van der Waals surface area contributed by atoms with Crippen molar-refractivity contribution in [3.8, 4) is 0 Å². The summed E-state index contributed by atoms with van der Waals surface area (Å²) in [4.78, 5) is 0. The van der Waals surface area contributed by atoms with E-state index in [1.807, 2.05) is 7.05 Å². The molecule has 1 N–H and O–H groups in total. The quantitative estimate of drug-likeness (QED) is 0.798. The van der Waals surface area contributed by atoms with E-state index in [9.17, 15) is 0 Å². The molecule has 0 aliphatic heterocycles. The van der Waals surface area contributed by atoms with Gasteiger partial charge in [0, 0.05) is 6.54 Å². The molecule has 0 radical (unpaired) electrons. The smallest absolute Gasteiger partial charge is 0.00144 e. The minimum atomic E-state index is 0.245. The Morgan fingerprint density at radius 2 is 1.93 bits per heavy atom. The number of nitrogens with one attached hydrogen (secondary N) is 1. The van der Waals surface area contributed by atoms with Crippen LogP contribution < -0.4 is 5.32 Å². The molecule has 15 heavy (non-hydrogen) atoms. The average Bonchev–Trinajstić information content (AvgIpc) is 2.17. The van der Waals surface area contributed by atoms with Crippen LogP contribution in [0.2, 0.25) is 0 Å². The molecule has 1 heteroatoms. The summed E-state index contributed by atoms with van der Waals surface area (Å²) >= 11 is 0. The first-order valence-electron chi connectivity index (χ1n) is 5.70. The molecule has 0 heterocycles. The minimum Gasteiger partial charge on any atom is -0.319 e. The minimum absolute atomic E-state index is 0.245. The predicted molar refractivity (Wildman–Crippen MR) is 67.5 cm³/mol. The molecule has 0 saturated heterocycles. The van der Waals surface area contributed by atoms with Gasteiger partial charge in [-0.15, -0.1) is 0 Å². The van der Waals surface area contributed by atoms with E-state index in [1.54, 1.807) is 0 Å². The molecule has 0 aliphatic carbocycles. The number of hydrogen-bond donors (Lipinski definition) is 1. The van der Waals surface area contributed by atoms with E-state index in [4.69, 9.17) is 0 Å². The molecule has 84 valence electrons. The summed E-state index contributed by atoms with van der Waals surface area (Å²) in [5.74, 6) is 0.581. The van der Waals surface area contributed by atoms with Gasteiger partial charge in [-0.1, -0.05) is 52.0 Å². The normalized spacial score (nSPS) is 13.9. The summed E-state index contributed by atoms with van der Waals surface area (Å²) in [5.41, 5.74) is 3.09. The molecule has 0 saturated carbocycles. The van der Waals surface area contributed by atoms with Crippen LogP contribution in [0.15, 0.2) is 24.3 Å². The van der Waals surface area contributed by atoms with Gasteiger partial charge in [-0.2, -0.15) is 0 Å². The Bertz CT molecular complexity index is 309. The molecule has 1 aromatic carbocycles. The molecule has 1 nitrogen and oxygen atoms in total. The lowest BCUT2D eigenvalue weighted by atomic mass is 9.85. The van der Waals surface area contributed by atoms with Gasteiger partial charge in [-0.3, -0.25) is 0 Å². The van der Waals surface area contributed by atoms with Gasteiger partial charge in [0.2, 0.25) is 0 Å². The van der Waals surface area contributed by atoms with Crippen molar-refractivity contribution in [3.63, 3.8) is 0 Å². The number of hydrogen-bond acceptors (Lipinski definition) is 1. The number of rotatable bonds is 3. The van der Waals surface area contributed by atoms with Gasteiger partial charge in [0.15, 0.2) is 0 Å². The van der Waals surface area contributed by atoms with Crippen LogP contribution in [-0.2, 0) is 5.41 Å². The van der Waals surface area contributed by atoms with Gasteiger partial charge in [-0.25, -0.2) is 0 Å². The van der Waals surface area contributed by atoms with Crippen LogP contribution in [0.3, 0.4) is 0 Å². The first-order chi connectivity index (χ1) is 6.95. The van der Waals surface area contributed by atoms with E-state index in [0.717, 1.165) is 6.54 Å². The Morgan fingerprint density at radius 1 is 1.27 bits per heavy atom. The molecule has 0 bridgehead atoms. The van der Waals surface area contributed by atoms with Crippen molar-refractivity contribution < 1.29 is 0 Å². The molecular weight excluding hydrogens is 182 g/mol. The zero-order chi connectivity index (χ0) is 11.5. The molecule has 1 aromatic rings. The Balaban J connectivity index is 2.92. The summed E-state index contributed by atoms with van der Waals surface area (Å²) in [5, 5.41) is 3.22. The van der Waals surface area contributed by atoms with Crippen molar-refractivity contribution >= 4 is 0 Å². The van der Waals surface area contributed by atoms with E-state index in [1.165, 1.54) is 11.1 Å². The molecule has 0 aliphatic rings. The van der Waals surface area contributed by atoms with E-state index < -0.39 is 0 Å². The SMILES string of the molecule is CNCC(C)c1cccc(C(C)(C)C)c1. The van der Waals surface area contributed by atoms with Crippen molar-refractivity contribution in [2.75, 3.05) is 13.6 Å². The third kappa shape index (κ3) is 3.35. The first-order valence-corrected chi connectivity index (χ1v) is 5.70. The second kappa shape index (κ2) is 4.80. The van der Waals surface area contributed by atoms with Gasteiger partial charge in [-0.05, 0) is 29.5 Å². The highest BCUT2D eigenvalue weighted by molar-refractivity contribution is 5.30. The maximum absolute atomic E-state index is 3.22. The number of benzene rings is 1. The van der Waals surface area contributed by atoms with E-state index in [2.05, 4.69) is 57.3 Å². The lowest BCUT2D eigenvalue weighted by Crippen LogP contribution is -2.16. The van der Waals surface area contributed by atoms with E-state index in [-0.39, 0.29) is 5.41 Å². The lowest BCUT2D eigenvalue weighted by molar-refractivity contribution is 0.586. The monoisotopic (exact) mass is 205 g/mol.